The zero-order valence-electron chi connectivity index (χ0n) is 12.4. The monoisotopic (exact) mass is 260 g/mol. The summed E-state index contributed by atoms with van der Waals surface area (Å²) in [5.74, 6) is 0.894. The molecule has 1 aromatic carbocycles. The van der Waals surface area contributed by atoms with Crippen LogP contribution in [0.25, 0.3) is 0 Å². The van der Waals surface area contributed by atoms with Crippen molar-refractivity contribution in [3.63, 3.8) is 0 Å². The van der Waals surface area contributed by atoms with Crippen molar-refractivity contribution in [1.29, 1.82) is 0 Å². The molecule has 0 aromatic heterocycles. The maximum absolute atomic E-state index is 3.45. The largest absolute Gasteiger partial charge is 0.317 e. The van der Waals surface area contributed by atoms with Crippen molar-refractivity contribution in [1.82, 2.24) is 10.2 Å². The van der Waals surface area contributed by atoms with Crippen LogP contribution in [-0.2, 0) is 6.42 Å². The molecule has 1 atom stereocenters. The van der Waals surface area contributed by atoms with Crippen LogP contribution in [0.1, 0.15) is 31.7 Å². The fourth-order valence-electron chi connectivity index (χ4n) is 2.89. The molecule has 1 fully saturated rings. The van der Waals surface area contributed by atoms with Gasteiger partial charge in [-0.05, 0) is 64.2 Å². The van der Waals surface area contributed by atoms with Crippen LogP contribution in [-0.4, -0.2) is 37.6 Å². The maximum Gasteiger partial charge on any atom is 0.00671 e. The number of piperidine rings is 1. The minimum absolute atomic E-state index is 0.676. The lowest BCUT2D eigenvalue weighted by atomic mass is 9.96. The molecule has 19 heavy (non-hydrogen) atoms. The molecule has 1 N–H and O–H groups in total. The maximum atomic E-state index is 3.45. The minimum atomic E-state index is 0.676. The predicted molar refractivity (Wildman–Crippen MR) is 82.4 cm³/mol. The summed E-state index contributed by atoms with van der Waals surface area (Å²) in [6, 6.07) is 11.5. The fraction of sp³-hybridized carbons (Fsp3) is 0.647. The molecule has 2 nitrogen and oxygen atoms in total. The Balaban J connectivity index is 1.71. The van der Waals surface area contributed by atoms with Crippen molar-refractivity contribution in [2.75, 3.05) is 26.7 Å². The first-order valence-electron chi connectivity index (χ1n) is 7.70. The van der Waals surface area contributed by atoms with Gasteiger partial charge in [-0.25, -0.2) is 0 Å². The number of hydrogen-bond acceptors (Lipinski definition) is 2. The van der Waals surface area contributed by atoms with E-state index in [9.17, 15) is 0 Å². The molecule has 0 radical (unpaired) electrons. The van der Waals surface area contributed by atoms with Gasteiger partial charge >= 0.3 is 0 Å². The molecule has 2 heteroatoms. The van der Waals surface area contributed by atoms with E-state index in [0.717, 1.165) is 5.92 Å². The Labute approximate surface area is 118 Å². The van der Waals surface area contributed by atoms with E-state index >= 15 is 0 Å². The molecule has 1 aliphatic heterocycles. The first-order chi connectivity index (χ1) is 9.25. The summed E-state index contributed by atoms with van der Waals surface area (Å²) < 4.78 is 0. The van der Waals surface area contributed by atoms with E-state index in [1.165, 1.54) is 50.9 Å². The average Bonchev–Trinajstić information content (AvgIpc) is 2.47. The summed E-state index contributed by atoms with van der Waals surface area (Å²) in [7, 11) is 2.29. The number of nitrogens with zero attached hydrogens (tertiary/aromatic N) is 1. The Kier molecular flexibility index (Phi) is 5.87. The van der Waals surface area contributed by atoms with E-state index in [4.69, 9.17) is 0 Å². The second kappa shape index (κ2) is 7.66. The first kappa shape index (κ1) is 14.5. The first-order valence-corrected chi connectivity index (χ1v) is 7.70. The molecule has 1 aliphatic rings. The normalized spacial score (nSPS) is 18.7. The van der Waals surface area contributed by atoms with Gasteiger partial charge in [0.1, 0.15) is 0 Å². The van der Waals surface area contributed by atoms with Gasteiger partial charge < -0.3 is 10.2 Å². The van der Waals surface area contributed by atoms with Gasteiger partial charge in [-0.1, -0.05) is 30.3 Å². The van der Waals surface area contributed by atoms with Crippen molar-refractivity contribution in [3.05, 3.63) is 35.9 Å². The predicted octanol–water partition coefficient (Wildman–Crippen LogP) is 2.94. The average molecular weight is 260 g/mol. The molecular weight excluding hydrogens is 232 g/mol. The van der Waals surface area contributed by atoms with Crippen LogP contribution in [0.5, 0.6) is 0 Å². The Bertz CT molecular complexity index is 344. The molecule has 0 saturated carbocycles. The highest BCUT2D eigenvalue weighted by molar-refractivity contribution is 5.14. The third-order valence-corrected chi connectivity index (χ3v) is 4.45. The van der Waals surface area contributed by atoms with E-state index in [1.807, 2.05) is 0 Å². The molecule has 0 amide bonds. The van der Waals surface area contributed by atoms with Gasteiger partial charge in [-0.3, -0.25) is 0 Å². The molecule has 106 valence electrons. The molecule has 1 saturated heterocycles. The Morgan fingerprint density at radius 1 is 1.21 bits per heavy atom. The fourth-order valence-corrected chi connectivity index (χ4v) is 2.89. The Morgan fingerprint density at radius 3 is 2.58 bits per heavy atom. The topological polar surface area (TPSA) is 15.3 Å². The lowest BCUT2D eigenvalue weighted by Gasteiger charge is -2.31. The van der Waals surface area contributed by atoms with Crippen LogP contribution in [0.2, 0.25) is 0 Å². The number of aryl methyl sites for hydroxylation is 1. The number of benzene rings is 1. The van der Waals surface area contributed by atoms with E-state index < -0.39 is 0 Å². The van der Waals surface area contributed by atoms with Crippen molar-refractivity contribution in [2.24, 2.45) is 5.92 Å². The lowest BCUT2D eigenvalue weighted by molar-refractivity contribution is 0.189. The number of rotatable bonds is 6. The summed E-state index contributed by atoms with van der Waals surface area (Å²) in [5, 5.41) is 3.45. The quantitative estimate of drug-likeness (QED) is 0.846. The number of hydrogen-bond donors (Lipinski definition) is 1. The Hall–Kier alpha value is -0.860. The van der Waals surface area contributed by atoms with E-state index in [-0.39, 0.29) is 0 Å². The highest BCUT2D eigenvalue weighted by atomic mass is 15.1. The third kappa shape index (κ3) is 4.96. The van der Waals surface area contributed by atoms with Gasteiger partial charge in [0.2, 0.25) is 0 Å². The summed E-state index contributed by atoms with van der Waals surface area (Å²) in [4.78, 5) is 2.55. The van der Waals surface area contributed by atoms with Crippen LogP contribution in [0, 0.1) is 5.92 Å². The smallest absolute Gasteiger partial charge is 0.00671 e. The summed E-state index contributed by atoms with van der Waals surface area (Å²) in [5.41, 5.74) is 1.46. The van der Waals surface area contributed by atoms with Crippen molar-refractivity contribution >= 4 is 0 Å². The van der Waals surface area contributed by atoms with Gasteiger partial charge in [0.15, 0.2) is 0 Å². The molecule has 1 heterocycles. The SMILES string of the molecule is CC(CCc1ccccc1)N(C)CC1CCNCC1. The second-order valence-electron chi connectivity index (χ2n) is 6.01. The van der Waals surface area contributed by atoms with Crippen molar-refractivity contribution in [3.8, 4) is 0 Å². The minimum Gasteiger partial charge on any atom is -0.317 e. The highest BCUT2D eigenvalue weighted by Gasteiger charge is 2.17. The lowest BCUT2D eigenvalue weighted by Crippen LogP contribution is -2.38. The molecule has 1 aromatic rings. The van der Waals surface area contributed by atoms with Crippen molar-refractivity contribution in [2.45, 2.75) is 38.6 Å². The molecule has 0 spiro atoms. The molecule has 0 aliphatic carbocycles. The van der Waals surface area contributed by atoms with E-state index in [1.54, 1.807) is 0 Å². The van der Waals surface area contributed by atoms with Gasteiger partial charge in [0.25, 0.3) is 0 Å². The second-order valence-corrected chi connectivity index (χ2v) is 6.01. The van der Waals surface area contributed by atoms with Crippen LogP contribution >= 0.6 is 0 Å². The van der Waals surface area contributed by atoms with Crippen molar-refractivity contribution < 1.29 is 0 Å². The van der Waals surface area contributed by atoms with Gasteiger partial charge in [0, 0.05) is 12.6 Å². The zero-order valence-corrected chi connectivity index (χ0v) is 12.4. The summed E-state index contributed by atoms with van der Waals surface area (Å²) >= 11 is 0. The Morgan fingerprint density at radius 2 is 1.89 bits per heavy atom. The van der Waals surface area contributed by atoms with Gasteiger partial charge in [-0.15, -0.1) is 0 Å². The van der Waals surface area contributed by atoms with Crippen LogP contribution in [0.15, 0.2) is 30.3 Å². The highest BCUT2D eigenvalue weighted by Crippen LogP contribution is 2.16. The standard InChI is InChI=1S/C17H28N2/c1-15(8-9-16-6-4-3-5-7-16)19(2)14-17-10-12-18-13-11-17/h3-7,15,17-18H,8-14H2,1-2H3. The molecule has 0 bridgehead atoms. The van der Waals surface area contributed by atoms with Gasteiger partial charge in [0.05, 0.1) is 0 Å². The third-order valence-electron chi connectivity index (χ3n) is 4.45. The van der Waals surface area contributed by atoms with E-state index in [2.05, 4.69) is 54.5 Å². The van der Waals surface area contributed by atoms with Crippen LogP contribution < -0.4 is 5.32 Å². The molecular formula is C17H28N2. The summed E-state index contributed by atoms with van der Waals surface area (Å²) in [6.07, 6.45) is 5.13. The molecule has 1 unspecified atom stereocenters. The zero-order chi connectivity index (χ0) is 13.5. The van der Waals surface area contributed by atoms with E-state index in [0.29, 0.717) is 6.04 Å². The van der Waals surface area contributed by atoms with Crippen LogP contribution in [0.3, 0.4) is 0 Å². The number of nitrogens with one attached hydrogen (secondary N) is 1. The molecule has 2 rings (SSSR count). The van der Waals surface area contributed by atoms with Crippen LogP contribution in [0.4, 0.5) is 0 Å². The summed E-state index contributed by atoms with van der Waals surface area (Å²) in [6.45, 7) is 6.04. The van der Waals surface area contributed by atoms with Gasteiger partial charge in [-0.2, -0.15) is 0 Å².